The molecule has 1 heterocycles. The minimum absolute atomic E-state index is 0.593. The van der Waals surface area contributed by atoms with Crippen LogP contribution in [0.1, 0.15) is 26.2 Å². The van der Waals surface area contributed by atoms with Crippen molar-refractivity contribution in [2.24, 2.45) is 5.92 Å². The van der Waals surface area contributed by atoms with Gasteiger partial charge in [0.2, 0.25) is 0 Å². The topological polar surface area (TPSA) is 56.5 Å². The van der Waals surface area contributed by atoms with Gasteiger partial charge in [0.15, 0.2) is 0 Å². The van der Waals surface area contributed by atoms with Crippen molar-refractivity contribution < 1.29 is 9.47 Å². The highest BCUT2D eigenvalue weighted by molar-refractivity contribution is 5.59. The van der Waals surface area contributed by atoms with Gasteiger partial charge in [-0.1, -0.05) is 6.92 Å². The van der Waals surface area contributed by atoms with E-state index in [1.165, 1.54) is 6.42 Å². The lowest BCUT2D eigenvalue weighted by atomic mass is 10.0. The van der Waals surface area contributed by atoms with Crippen molar-refractivity contribution in [3.8, 4) is 5.75 Å². The van der Waals surface area contributed by atoms with Crippen molar-refractivity contribution in [3.63, 3.8) is 0 Å². The van der Waals surface area contributed by atoms with Gasteiger partial charge in [0.05, 0.1) is 13.2 Å². The quantitative estimate of drug-likeness (QED) is 0.776. The molecule has 1 unspecified atom stereocenters. The molecule has 1 aromatic carbocycles. The summed E-state index contributed by atoms with van der Waals surface area (Å²) in [5, 5.41) is 3.43. The van der Waals surface area contributed by atoms with E-state index in [2.05, 4.69) is 12.2 Å². The van der Waals surface area contributed by atoms with E-state index in [1.54, 1.807) is 0 Å². The zero-order chi connectivity index (χ0) is 13.5. The summed E-state index contributed by atoms with van der Waals surface area (Å²) < 4.78 is 11.1. The Morgan fingerprint density at radius 2 is 2.32 bits per heavy atom. The summed E-state index contributed by atoms with van der Waals surface area (Å²) in [6, 6.07) is 5.82. The molecule has 106 valence electrons. The summed E-state index contributed by atoms with van der Waals surface area (Å²) in [5.41, 5.74) is 7.65. The van der Waals surface area contributed by atoms with Crippen LogP contribution in [0.25, 0.3) is 0 Å². The highest BCUT2D eigenvalue weighted by atomic mass is 16.5. The van der Waals surface area contributed by atoms with Crippen molar-refractivity contribution in [2.45, 2.75) is 26.2 Å². The molecular formula is C15H24N2O2. The lowest BCUT2D eigenvalue weighted by molar-refractivity contribution is 0.0595. The minimum atomic E-state index is 0.593. The first-order valence-corrected chi connectivity index (χ1v) is 7.13. The number of hydrogen-bond acceptors (Lipinski definition) is 4. The molecule has 1 aliphatic rings. The highest BCUT2D eigenvalue weighted by Crippen LogP contribution is 2.23. The first-order chi connectivity index (χ1) is 9.28. The summed E-state index contributed by atoms with van der Waals surface area (Å²) >= 11 is 0. The third-order valence-electron chi connectivity index (χ3n) is 3.25. The molecule has 0 bridgehead atoms. The number of nitrogen functional groups attached to an aromatic ring is 1. The van der Waals surface area contributed by atoms with E-state index in [1.807, 2.05) is 18.2 Å². The molecule has 1 aliphatic heterocycles. The third-order valence-corrected chi connectivity index (χ3v) is 3.25. The smallest absolute Gasteiger partial charge is 0.123 e. The molecule has 1 aromatic rings. The standard InChI is InChI=1S/C15H24N2O2/c1-2-5-19-15-8-13(16)7-14(9-15)17-10-12-4-3-6-18-11-12/h7-9,12,17H,2-6,10-11,16H2,1H3. The average Bonchev–Trinajstić information content (AvgIpc) is 2.43. The maximum atomic E-state index is 5.90. The second kappa shape index (κ2) is 7.24. The number of ether oxygens (including phenoxy) is 2. The molecule has 0 aliphatic carbocycles. The second-order valence-corrected chi connectivity index (χ2v) is 5.10. The van der Waals surface area contributed by atoms with Gasteiger partial charge in [-0.15, -0.1) is 0 Å². The van der Waals surface area contributed by atoms with Crippen LogP contribution in [0.3, 0.4) is 0 Å². The lowest BCUT2D eigenvalue weighted by Crippen LogP contribution is -2.24. The Bertz CT molecular complexity index is 390. The van der Waals surface area contributed by atoms with Crippen molar-refractivity contribution in [1.29, 1.82) is 0 Å². The molecule has 2 rings (SSSR count). The van der Waals surface area contributed by atoms with Crippen LogP contribution in [0.15, 0.2) is 18.2 Å². The zero-order valence-electron chi connectivity index (χ0n) is 11.7. The molecule has 1 fully saturated rings. The van der Waals surface area contributed by atoms with E-state index in [0.29, 0.717) is 5.92 Å². The van der Waals surface area contributed by atoms with E-state index < -0.39 is 0 Å². The number of hydrogen-bond donors (Lipinski definition) is 2. The van der Waals surface area contributed by atoms with E-state index in [0.717, 1.165) is 56.3 Å². The van der Waals surface area contributed by atoms with Gasteiger partial charge in [-0.25, -0.2) is 0 Å². The number of rotatable bonds is 6. The summed E-state index contributed by atoms with van der Waals surface area (Å²) in [6.45, 7) is 5.50. The van der Waals surface area contributed by atoms with Gasteiger partial charge >= 0.3 is 0 Å². The SMILES string of the molecule is CCCOc1cc(N)cc(NCC2CCCOC2)c1. The van der Waals surface area contributed by atoms with E-state index in [9.17, 15) is 0 Å². The van der Waals surface area contributed by atoms with Crippen LogP contribution in [0.5, 0.6) is 5.75 Å². The Hall–Kier alpha value is -1.42. The molecule has 0 saturated carbocycles. The Morgan fingerprint density at radius 3 is 3.05 bits per heavy atom. The molecule has 0 amide bonds. The molecular weight excluding hydrogens is 240 g/mol. The molecule has 3 N–H and O–H groups in total. The number of nitrogens with one attached hydrogen (secondary N) is 1. The Labute approximate surface area is 115 Å². The van der Waals surface area contributed by atoms with Crippen molar-refractivity contribution in [1.82, 2.24) is 0 Å². The van der Waals surface area contributed by atoms with Gasteiger partial charge in [-0.2, -0.15) is 0 Å². The van der Waals surface area contributed by atoms with Crippen LogP contribution >= 0.6 is 0 Å². The van der Waals surface area contributed by atoms with Gasteiger partial charge in [0, 0.05) is 36.7 Å². The van der Waals surface area contributed by atoms with Crippen LogP contribution in [0, 0.1) is 5.92 Å². The van der Waals surface area contributed by atoms with Crippen molar-refractivity contribution in [3.05, 3.63) is 18.2 Å². The fourth-order valence-electron chi connectivity index (χ4n) is 2.26. The average molecular weight is 264 g/mol. The summed E-state index contributed by atoms with van der Waals surface area (Å²) in [4.78, 5) is 0. The van der Waals surface area contributed by atoms with Gasteiger partial charge in [-0.3, -0.25) is 0 Å². The van der Waals surface area contributed by atoms with Crippen LogP contribution in [0.2, 0.25) is 0 Å². The normalized spacial score (nSPS) is 19.1. The first kappa shape index (κ1) is 14.0. The molecule has 1 atom stereocenters. The van der Waals surface area contributed by atoms with Crippen molar-refractivity contribution in [2.75, 3.05) is 37.4 Å². The molecule has 1 saturated heterocycles. The van der Waals surface area contributed by atoms with Crippen LogP contribution in [-0.4, -0.2) is 26.4 Å². The maximum Gasteiger partial charge on any atom is 0.123 e. The van der Waals surface area contributed by atoms with Crippen molar-refractivity contribution >= 4 is 11.4 Å². The summed E-state index contributed by atoms with van der Waals surface area (Å²) in [7, 11) is 0. The second-order valence-electron chi connectivity index (χ2n) is 5.10. The van der Waals surface area contributed by atoms with E-state index >= 15 is 0 Å². The van der Waals surface area contributed by atoms with Gasteiger partial charge in [0.25, 0.3) is 0 Å². The van der Waals surface area contributed by atoms with Gasteiger partial charge < -0.3 is 20.5 Å². The van der Waals surface area contributed by atoms with Gasteiger partial charge in [-0.05, 0) is 31.2 Å². The number of nitrogens with two attached hydrogens (primary N) is 1. The molecule has 0 aromatic heterocycles. The van der Waals surface area contributed by atoms with Gasteiger partial charge in [0.1, 0.15) is 5.75 Å². The molecule has 19 heavy (non-hydrogen) atoms. The molecule has 0 spiro atoms. The highest BCUT2D eigenvalue weighted by Gasteiger charge is 2.13. The van der Waals surface area contributed by atoms with Crippen LogP contribution in [-0.2, 0) is 4.74 Å². The summed E-state index contributed by atoms with van der Waals surface area (Å²) in [6.07, 6.45) is 3.39. The monoisotopic (exact) mass is 264 g/mol. The lowest BCUT2D eigenvalue weighted by Gasteiger charge is -2.23. The molecule has 4 nitrogen and oxygen atoms in total. The third kappa shape index (κ3) is 4.63. The number of anilines is 2. The Kier molecular flexibility index (Phi) is 5.33. The fourth-order valence-corrected chi connectivity index (χ4v) is 2.26. The molecule has 4 heteroatoms. The van der Waals surface area contributed by atoms with E-state index in [-0.39, 0.29) is 0 Å². The van der Waals surface area contributed by atoms with Crippen LogP contribution < -0.4 is 15.8 Å². The maximum absolute atomic E-state index is 5.90. The van der Waals surface area contributed by atoms with Crippen LogP contribution in [0.4, 0.5) is 11.4 Å². The Morgan fingerprint density at radius 1 is 1.42 bits per heavy atom. The summed E-state index contributed by atoms with van der Waals surface area (Å²) in [5.74, 6) is 1.43. The Balaban J connectivity index is 1.89. The molecule has 0 radical (unpaired) electrons. The fraction of sp³-hybridized carbons (Fsp3) is 0.600. The number of benzene rings is 1. The van der Waals surface area contributed by atoms with E-state index in [4.69, 9.17) is 15.2 Å². The predicted octanol–water partition coefficient (Wildman–Crippen LogP) is 2.90. The minimum Gasteiger partial charge on any atom is -0.493 e. The predicted molar refractivity (Wildman–Crippen MR) is 78.7 cm³/mol. The zero-order valence-corrected chi connectivity index (χ0v) is 11.7. The largest absolute Gasteiger partial charge is 0.493 e. The first-order valence-electron chi connectivity index (χ1n) is 7.13.